The standard InChI is InChI=1S/C9H16O.H3N/c10-9-7-5-3-1-2-4-6-8-9;/h1-8H2;1H3. The molecule has 0 heterocycles. The van der Waals surface area contributed by atoms with E-state index in [1.807, 2.05) is 0 Å². The summed E-state index contributed by atoms with van der Waals surface area (Å²) < 4.78 is 0. The zero-order chi connectivity index (χ0) is 7.23. The summed E-state index contributed by atoms with van der Waals surface area (Å²) in [5.74, 6) is 0.488. The summed E-state index contributed by atoms with van der Waals surface area (Å²) in [6.07, 6.45) is 9.19. The predicted octanol–water partition coefficient (Wildman–Crippen LogP) is 2.85. The van der Waals surface area contributed by atoms with Crippen molar-refractivity contribution in [2.75, 3.05) is 0 Å². The molecule has 0 bridgehead atoms. The van der Waals surface area contributed by atoms with Crippen LogP contribution in [0.5, 0.6) is 0 Å². The molecular formula is C9H19NO. The normalized spacial score (nSPS) is 20.9. The first-order valence-electron chi connectivity index (χ1n) is 4.41. The van der Waals surface area contributed by atoms with Gasteiger partial charge in [0, 0.05) is 12.8 Å². The van der Waals surface area contributed by atoms with Crippen molar-refractivity contribution in [2.45, 2.75) is 51.4 Å². The van der Waals surface area contributed by atoms with Crippen LogP contribution < -0.4 is 6.15 Å². The van der Waals surface area contributed by atoms with Gasteiger partial charge < -0.3 is 6.15 Å². The van der Waals surface area contributed by atoms with E-state index in [0.29, 0.717) is 5.78 Å². The Hall–Kier alpha value is -0.370. The summed E-state index contributed by atoms with van der Waals surface area (Å²) in [5, 5.41) is 0. The minimum Gasteiger partial charge on any atom is -0.344 e. The van der Waals surface area contributed by atoms with Crippen LogP contribution in [0.3, 0.4) is 0 Å². The maximum absolute atomic E-state index is 11.0. The molecule has 0 aliphatic heterocycles. The van der Waals surface area contributed by atoms with Gasteiger partial charge in [-0.2, -0.15) is 0 Å². The van der Waals surface area contributed by atoms with Crippen molar-refractivity contribution in [1.82, 2.24) is 6.15 Å². The molecule has 0 aromatic heterocycles. The topological polar surface area (TPSA) is 52.1 Å². The molecule has 0 aromatic rings. The van der Waals surface area contributed by atoms with Gasteiger partial charge in [-0.05, 0) is 12.8 Å². The highest BCUT2D eigenvalue weighted by Gasteiger charge is 2.03. The number of carbonyl (C=O) groups excluding carboxylic acids is 1. The van der Waals surface area contributed by atoms with Gasteiger partial charge in [0.1, 0.15) is 5.78 Å². The lowest BCUT2D eigenvalue weighted by molar-refractivity contribution is -0.119. The Morgan fingerprint density at radius 3 is 1.55 bits per heavy atom. The number of ketones is 1. The molecule has 1 aliphatic carbocycles. The SMILES string of the molecule is N.O=C1CCCCCCCC1. The largest absolute Gasteiger partial charge is 0.344 e. The Balaban J connectivity index is 0.000001000. The molecular weight excluding hydrogens is 138 g/mol. The molecule has 2 nitrogen and oxygen atoms in total. The summed E-state index contributed by atoms with van der Waals surface area (Å²) in [4.78, 5) is 11.0. The van der Waals surface area contributed by atoms with E-state index in [0.717, 1.165) is 25.7 Å². The first-order valence-corrected chi connectivity index (χ1v) is 4.41. The lowest BCUT2D eigenvalue weighted by Gasteiger charge is -1.93. The van der Waals surface area contributed by atoms with Crippen molar-refractivity contribution in [3.63, 3.8) is 0 Å². The Bertz CT molecular complexity index is 100. The molecule has 3 N–H and O–H groups in total. The van der Waals surface area contributed by atoms with Gasteiger partial charge in [-0.3, -0.25) is 4.79 Å². The second kappa shape index (κ2) is 6.35. The highest BCUT2D eigenvalue weighted by molar-refractivity contribution is 5.78. The fraction of sp³-hybridized carbons (Fsp3) is 0.889. The van der Waals surface area contributed by atoms with Crippen molar-refractivity contribution in [3.8, 4) is 0 Å². The van der Waals surface area contributed by atoms with Gasteiger partial charge in [-0.25, -0.2) is 0 Å². The van der Waals surface area contributed by atoms with E-state index in [2.05, 4.69) is 0 Å². The number of hydrogen-bond acceptors (Lipinski definition) is 2. The molecule has 0 radical (unpaired) electrons. The minimum atomic E-state index is 0. The molecule has 66 valence electrons. The van der Waals surface area contributed by atoms with Gasteiger partial charge in [0.2, 0.25) is 0 Å². The van der Waals surface area contributed by atoms with Crippen LogP contribution in [0.4, 0.5) is 0 Å². The molecule has 0 amide bonds. The second-order valence-electron chi connectivity index (χ2n) is 3.16. The van der Waals surface area contributed by atoms with Gasteiger partial charge in [0.25, 0.3) is 0 Å². The molecule has 1 fully saturated rings. The van der Waals surface area contributed by atoms with Crippen LogP contribution in [0.15, 0.2) is 0 Å². The predicted molar refractivity (Wildman–Crippen MR) is 47.0 cm³/mol. The van der Waals surface area contributed by atoms with E-state index in [-0.39, 0.29) is 6.15 Å². The summed E-state index contributed by atoms with van der Waals surface area (Å²) in [6, 6.07) is 0. The zero-order valence-corrected chi connectivity index (χ0v) is 7.27. The van der Waals surface area contributed by atoms with Crippen LogP contribution in [0, 0.1) is 0 Å². The van der Waals surface area contributed by atoms with Crippen LogP contribution in [0.25, 0.3) is 0 Å². The highest BCUT2D eigenvalue weighted by atomic mass is 16.1. The monoisotopic (exact) mass is 157 g/mol. The summed E-state index contributed by atoms with van der Waals surface area (Å²) in [6.45, 7) is 0. The van der Waals surface area contributed by atoms with Crippen molar-refractivity contribution in [2.24, 2.45) is 0 Å². The molecule has 2 heteroatoms. The zero-order valence-electron chi connectivity index (χ0n) is 7.27. The molecule has 1 saturated carbocycles. The number of rotatable bonds is 0. The molecule has 0 unspecified atom stereocenters. The van der Waals surface area contributed by atoms with Crippen LogP contribution in [-0.2, 0) is 4.79 Å². The van der Waals surface area contributed by atoms with Gasteiger partial charge >= 0.3 is 0 Å². The van der Waals surface area contributed by atoms with Crippen LogP contribution in [-0.4, -0.2) is 5.78 Å². The summed E-state index contributed by atoms with van der Waals surface area (Å²) >= 11 is 0. The molecule has 0 saturated heterocycles. The van der Waals surface area contributed by atoms with E-state index in [1.165, 1.54) is 25.7 Å². The molecule has 0 atom stereocenters. The molecule has 1 aliphatic rings. The molecule has 0 spiro atoms. The third-order valence-corrected chi connectivity index (χ3v) is 2.16. The van der Waals surface area contributed by atoms with E-state index in [4.69, 9.17) is 0 Å². The Morgan fingerprint density at radius 2 is 1.09 bits per heavy atom. The number of Topliss-reactive ketones (excluding diaryl/α,β-unsaturated/α-hetero) is 1. The third kappa shape index (κ3) is 4.96. The molecule has 1 rings (SSSR count). The smallest absolute Gasteiger partial charge is 0.132 e. The van der Waals surface area contributed by atoms with E-state index < -0.39 is 0 Å². The summed E-state index contributed by atoms with van der Waals surface area (Å²) in [7, 11) is 0. The van der Waals surface area contributed by atoms with Crippen LogP contribution in [0.2, 0.25) is 0 Å². The van der Waals surface area contributed by atoms with Crippen LogP contribution >= 0.6 is 0 Å². The third-order valence-electron chi connectivity index (χ3n) is 2.16. The van der Waals surface area contributed by atoms with E-state index >= 15 is 0 Å². The average Bonchev–Trinajstić information content (AvgIpc) is 2.02. The fourth-order valence-corrected chi connectivity index (χ4v) is 1.48. The molecule has 11 heavy (non-hydrogen) atoms. The summed E-state index contributed by atoms with van der Waals surface area (Å²) in [5.41, 5.74) is 0. The highest BCUT2D eigenvalue weighted by Crippen LogP contribution is 2.13. The fourth-order valence-electron chi connectivity index (χ4n) is 1.48. The van der Waals surface area contributed by atoms with Crippen molar-refractivity contribution >= 4 is 5.78 Å². The maximum atomic E-state index is 11.0. The van der Waals surface area contributed by atoms with Crippen molar-refractivity contribution < 1.29 is 4.79 Å². The van der Waals surface area contributed by atoms with Gasteiger partial charge in [0.05, 0.1) is 0 Å². The Kier molecular flexibility index (Phi) is 6.13. The average molecular weight is 157 g/mol. The van der Waals surface area contributed by atoms with Gasteiger partial charge in [0.15, 0.2) is 0 Å². The Labute approximate surface area is 69.0 Å². The maximum Gasteiger partial charge on any atom is 0.132 e. The van der Waals surface area contributed by atoms with E-state index in [9.17, 15) is 4.79 Å². The van der Waals surface area contributed by atoms with E-state index in [1.54, 1.807) is 0 Å². The quantitative estimate of drug-likeness (QED) is 0.587. The van der Waals surface area contributed by atoms with Crippen molar-refractivity contribution in [3.05, 3.63) is 0 Å². The van der Waals surface area contributed by atoms with Gasteiger partial charge in [-0.1, -0.05) is 25.7 Å². The first kappa shape index (κ1) is 10.6. The number of carbonyl (C=O) groups is 1. The lowest BCUT2D eigenvalue weighted by Crippen LogP contribution is -1.95. The first-order chi connectivity index (χ1) is 4.89. The van der Waals surface area contributed by atoms with Crippen LogP contribution in [0.1, 0.15) is 51.4 Å². The van der Waals surface area contributed by atoms with Crippen molar-refractivity contribution in [1.29, 1.82) is 0 Å². The Morgan fingerprint density at radius 1 is 0.727 bits per heavy atom. The molecule has 0 aromatic carbocycles. The minimum absolute atomic E-state index is 0. The number of hydrogen-bond donors (Lipinski definition) is 1. The lowest BCUT2D eigenvalue weighted by atomic mass is 10.1. The second-order valence-corrected chi connectivity index (χ2v) is 3.16. The van der Waals surface area contributed by atoms with Gasteiger partial charge in [-0.15, -0.1) is 0 Å².